The van der Waals surface area contributed by atoms with Crippen LogP contribution in [0.3, 0.4) is 0 Å². The Hall–Kier alpha value is -3.94. The van der Waals surface area contributed by atoms with E-state index >= 15 is 0 Å². The molecule has 4 heterocycles. The normalized spacial score (nSPS) is 19.8. The number of pyridine rings is 1. The molecule has 196 valence electrons. The van der Waals surface area contributed by atoms with Gasteiger partial charge in [-0.25, -0.2) is 9.97 Å². The molecule has 0 unspecified atom stereocenters. The highest BCUT2D eigenvalue weighted by Crippen LogP contribution is 2.31. The van der Waals surface area contributed by atoms with E-state index < -0.39 is 5.91 Å². The van der Waals surface area contributed by atoms with E-state index in [1.54, 1.807) is 18.2 Å². The molecule has 0 aliphatic carbocycles. The lowest BCUT2D eigenvalue weighted by Crippen LogP contribution is -2.53. The summed E-state index contributed by atoms with van der Waals surface area (Å²) >= 11 is 6.46. The van der Waals surface area contributed by atoms with E-state index in [0.717, 1.165) is 17.1 Å². The Morgan fingerprint density at radius 1 is 1.11 bits per heavy atom. The molecule has 1 amide bonds. The molecule has 2 saturated heterocycles. The van der Waals surface area contributed by atoms with Gasteiger partial charge in [0.05, 0.1) is 47.2 Å². The Morgan fingerprint density at radius 3 is 2.55 bits per heavy atom. The summed E-state index contributed by atoms with van der Waals surface area (Å²) in [4.78, 5) is 32.4. The Bertz CT molecular complexity index is 1380. The maximum Gasteiger partial charge on any atom is 0.250 e. The SMILES string of the molecule is C[C@@H]1CN(c2ncc(C(N)=O)cc2Cl)CCN1c1cc(-c2ccc(C#N)cc2)nc(N2CCOC[C@H]2C)n1. The summed E-state index contributed by atoms with van der Waals surface area (Å²) < 4.78 is 5.64. The molecular formula is C27H29ClN8O2. The van der Waals surface area contributed by atoms with Crippen LogP contribution in [-0.2, 0) is 4.74 Å². The van der Waals surface area contributed by atoms with E-state index in [1.807, 2.05) is 18.2 Å². The van der Waals surface area contributed by atoms with Gasteiger partial charge in [0.15, 0.2) is 0 Å². The summed E-state index contributed by atoms with van der Waals surface area (Å²) in [5.41, 5.74) is 7.97. The zero-order chi connectivity index (χ0) is 26.8. The smallest absolute Gasteiger partial charge is 0.250 e. The van der Waals surface area contributed by atoms with Crippen molar-refractivity contribution in [1.82, 2.24) is 15.0 Å². The molecule has 2 aromatic heterocycles. The van der Waals surface area contributed by atoms with Crippen LogP contribution in [0.15, 0.2) is 42.6 Å². The topological polar surface area (TPSA) is 124 Å². The minimum absolute atomic E-state index is 0.0936. The van der Waals surface area contributed by atoms with Crippen molar-refractivity contribution >= 4 is 35.1 Å². The largest absolute Gasteiger partial charge is 0.377 e. The molecule has 2 atom stereocenters. The lowest BCUT2D eigenvalue weighted by atomic mass is 10.1. The number of halogens is 1. The van der Waals surface area contributed by atoms with Crippen molar-refractivity contribution in [2.75, 3.05) is 54.1 Å². The van der Waals surface area contributed by atoms with Crippen molar-refractivity contribution in [3.63, 3.8) is 0 Å². The standard InChI is InChI=1S/C27H29ClN8O2/c1-17-15-34(26-22(28)11-21(14-31-26)25(30)37)7-8-35(17)24-12-23(20-5-3-19(13-29)4-6-20)32-27(33-24)36-9-10-38-16-18(36)2/h3-6,11-12,14,17-18H,7-10,15-16H2,1-2H3,(H2,30,37)/t17-,18-/m1/s1. The zero-order valence-electron chi connectivity index (χ0n) is 21.3. The highest BCUT2D eigenvalue weighted by atomic mass is 35.5. The van der Waals surface area contributed by atoms with E-state index in [2.05, 4.69) is 39.6 Å². The molecule has 2 fully saturated rings. The van der Waals surface area contributed by atoms with Crippen molar-refractivity contribution < 1.29 is 9.53 Å². The average molecular weight is 533 g/mol. The molecule has 0 spiro atoms. The summed E-state index contributed by atoms with van der Waals surface area (Å²) in [5, 5.41) is 9.61. The van der Waals surface area contributed by atoms with Gasteiger partial charge in [0, 0.05) is 50.0 Å². The second-order valence-corrected chi connectivity index (χ2v) is 10.0. The predicted octanol–water partition coefficient (Wildman–Crippen LogP) is 3.10. The number of rotatable bonds is 5. The number of carbonyl (C=O) groups is 1. The number of benzene rings is 1. The van der Waals surface area contributed by atoms with Gasteiger partial charge in [-0.1, -0.05) is 23.7 Å². The quantitative estimate of drug-likeness (QED) is 0.527. The number of anilines is 3. The monoisotopic (exact) mass is 532 g/mol. The van der Waals surface area contributed by atoms with E-state index in [1.165, 1.54) is 6.20 Å². The summed E-state index contributed by atoms with van der Waals surface area (Å²) in [7, 11) is 0. The summed E-state index contributed by atoms with van der Waals surface area (Å²) in [5.74, 6) is 1.57. The number of morpholine rings is 1. The Kier molecular flexibility index (Phi) is 7.31. The fourth-order valence-electron chi connectivity index (χ4n) is 4.87. The lowest BCUT2D eigenvalue weighted by Gasteiger charge is -2.42. The number of aromatic nitrogens is 3. The molecule has 0 saturated carbocycles. The summed E-state index contributed by atoms with van der Waals surface area (Å²) in [6.07, 6.45) is 1.46. The maximum absolute atomic E-state index is 11.5. The third kappa shape index (κ3) is 5.21. The Balaban J connectivity index is 1.45. The highest BCUT2D eigenvalue weighted by Gasteiger charge is 2.29. The van der Waals surface area contributed by atoms with Gasteiger partial charge in [-0.2, -0.15) is 10.2 Å². The molecule has 38 heavy (non-hydrogen) atoms. The van der Waals surface area contributed by atoms with E-state index in [0.29, 0.717) is 61.7 Å². The number of piperazine rings is 1. The van der Waals surface area contributed by atoms with Crippen LogP contribution in [0.1, 0.15) is 29.8 Å². The van der Waals surface area contributed by atoms with Gasteiger partial charge in [0.2, 0.25) is 11.9 Å². The number of hydrogen-bond acceptors (Lipinski definition) is 9. The number of nitrogens with two attached hydrogens (primary N) is 1. The van der Waals surface area contributed by atoms with Gasteiger partial charge < -0.3 is 25.2 Å². The number of carbonyl (C=O) groups excluding carboxylic acids is 1. The number of ether oxygens (including phenoxy) is 1. The first-order valence-corrected chi connectivity index (χ1v) is 12.9. The Labute approximate surface area is 226 Å². The van der Waals surface area contributed by atoms with Crippen molar-refractivity contribution in [2.24, 2.45) is 5.73 Å². The molecule has 0 bridgehead atoms. The minimum atomic E-state index is -0.559. The van der Waals surface area contributed by atoms with Crippen LogP contribution in [0, 0.1) is 11.3 Å². The number of nitrogens with zero attached hydrogens (tertiary/aromatic N) is 7. The third-order valence-electron chi connectivity index (χ3n) is 6.96. The van der Waals surface area contributed by atoms with Gasteiger partial charge in [-0.15, -0.1) is 0 Å². The van der Waals surface area contributed by atoms with Gasteiger partial charge in [0.1, 0.15) is 11.6 Å². The summed E-state index contributed by atoms with van der Waals surface area (Å²) in [6.45, 7) is 8.24. The Morgan fingerprint density at radius 2 is 1.89 bits per heavy atom. The molecule has 2 aliphatic rings. The van der Waals surface area contributed by atoms with Crippen LogP contribution >= 0.6 is 11.6 Å². The van der Waals surface area contributed by atoms with Crippen LogP contribution in [0.2, 0.25) is 5.02 Å². The number of amides is 1. The molecule has 1 aromatic carbocycles. The van der Waals surface area contributed by atoms with Crippen LogP contribution in [0.5, 0.6) is 0 Å². The molecule has 5 rings (SSSR count). The number of primary amides is 1. The third-order valence-corrected chi connectivity index (χ3v) is 7.24. The number of nitriles is 1. The van der Waals surface area contributed by atoms with E-state index in [4.69, 9.17) is 32.0 Å². The van der Waals surface area contributed by atoms with Crippen LogP contribution in [0.25, 0.3) is 11.3 Å². The lowest BCUT2D eigenvalue weighted by molar-refractivity contribution is 0.0981. The van der Waals surface area contributed by atoms with Crippen LogP contribution < -0.4 is 20.4 Å². The van der Waals surface area contributed by atoms with Crippen molar-refractivity contribution in [3.8, 4) is 17.3 Å². The van der Waals surface area contributed by atoms with Gasteiger partial charge >= 0.3 is 0 Å². The molecule has 2 aliphatic heterocycles. The first-order valence-electron chi connectivity index (χ1n) is 12.5. The zero-order valence-corrected chi connectivity index (χ0v) is 22.1. The predicted molar refractivity (Wildman–Crippen MR) is 147 cm³/mol. The molecule has 10 nitrogen and oxygen atoms in total. The van der Waals surface area contributed by atoms with Gasteiger partial charge in [-0.3, -0.25) is 4.79 Å². The van der Waals surface area contributed by atoms with Crippen molar-refractivity contribution in [3.05, 3.63) is 58.7 Å². The highest BCUT2D eigenvalue weighted by molar-refractivity contribution is 6.33. The fourth-order valence-corrected chi connectivity index (χ4v) is 5.16. The second kappa shape index (κ2) is 10.8. The van der Waals surface area contributed by atoms with Crippen LogP contribution in [-0.4, -0.2) is 72.3 Å². The number of hydrogen-bond donors (Lipinski definition) is 1. The first kappa shape index (κ1) is 25.7. The van der Waals surface area contributed by atoms with Crippen molar-refractivity contribution in [1.29, 1.82) is 5.26 Å². The fraction of sp³-hybridized carbons (Fsp3) is 0.370. The molecule has 11 heteroatoms. The molecule has 2 N–H and O–H groups in total. The first-order chi connectivity index (χ1) is 18.3. The van der Waals surface area contributed by atoms with Gasteiger partial charge in [0.25, 0.3) is 0 Å². The van der Waals surface area contributed by atoms with Crippen LogP contribution in [0.4, 0.5) is 17.6 Å². The minimum Gasteiger partial charge on any atom is -0.377 e. The summed E-state index contributed by atoms with van der Waals surface area (Å²) in [6, 6.07) is 13.4. The maximum atomic E-state index is 11.5. The average Bonchev–Trinajstić information content (AvgIpc) is 2.93. The molecule has 3 aromatic rings. The van der Waals surface area contributed by atoms with E-state index in [-0.39, 0.29) is 17.6 Å². The molecule has 0 radical (unpaired) electrons. The molecular weight excluding hydrogens is 504 g/mol. The second-order valence-electron chi connectivity index (χ2n) is 9.60. The van der Waals surface area contributed by atoms with Gasteiger partial charge in [-0.05, 0) is 32.0 Å². The van der Waals surface area contributed by atoms with E-state index in [9.17, 15) is 10.1 Å². The van der Waals surface area contributed by atoms with Crippen molar-refractivity contribution in [2.45, 2.75) is 25.9 Å².